The number of nitrogens with zero attached hydrogens (tertiary/aromatic N) is 2. The lowest BCUT2D eigenvalue weighted by Crippen LogP contribution is -2.37. The molecule has 1 saturated heterocycles. The lowest BCUT2D eigenvalue weighted by Gasteiger charge is -2.29. The van der Waals surface area contributed by atoms with Gasteiger partial charge >= 0.3 is 0 Å². The zero-order valence-corrected chi connectivity index (χ0v) is 19.2. The molecule has 2 aromatic rings. The Bertz CT molecular complexity index is 867. The van der Waals surface area contributed by atoms with Crippen LogP contribution in [0.3, 0.4) is 0 Å². The Morgan fingerprint density at radius 3 is 2.50 bits per heavy atom. The Morgan fingerprint density at radius 2 is 1.84 bits per heavy atom. The van der Waals surface area contributed by atoms with Gasteiger partial charge < -0.3 is 15.0 Å². The summed E-state index contributed by atoms with van der Waals surface area (Å²) in [5, 5.41) is 3.08. The minimum absolute atomic E-state index is 0.0374. The third-order valence-corrected chi connectivity index (χ3v) is 7.15. The van der Waals surface area contributed by atoms with Crippen molar-refractivity contribution in [3.05, 3.63) is 54.0 Å². The highest BCUT2D eigenvalue weighted by atomic mass is 32.2. The zero-order valence-electron chi connectivity index (χ0n) is 18.4. The molecule has 1 amide bonds. The predicted octanol–water partition coefficient (Wildman–Crippen LogP) is 4.09. The molecule has 0 bridgehead atoms. The summed E-state index contributed by atoms with van der Waals surface area (Å²) in [4.78, 5) is 20.6. The van der Waals surface area contributed by atoms with Gasteiger partial charge in [-0.15, -0.1) is 0 Å². The molecule has 32 heavy (non-hydrogen) atoms. The second-order valence-corrected chi connectivity index (χ2v) is 9.41. The van der Waals surface area contributed by atoms with Crippen LogP contribution in [0.2, 0.25) is 0 Å². The molecule has 6 nitrogen and oxygen atoms in total. The molecule has 2 N–H and O–H groups in total. The van der Waals surface area contributed by atoms with Crippen LogP contribution in [0.5, 0.6) is 0 Å². The molecule has 1 atom stereocenters. The Balaban J connectivity index is 1.18. The van der Waals surface area contributed by atoms with Gasteiger partial charge in [0, 0.05) is 36.1 Å². The molecule has 8 heteroatoms. The summed E-state index contributed by atoms with van der Waals surface area (Å²) in [6.45, 7) is 5.22. The van der Waals surface area contributed by atoms with Gasteiger partial charge in [-0.3, -0.25) is 9.52 Å². The molecule has 0 radical (unpaired) electrons. The van der Waals surface area contributed by atoms with E-state index in [4.69, 9.17) is 4.74 Å². The number of morpholine rings is 1. The fourth-order valence-corrected chi connectivity index (χ4v) is 4.98. The molecule has 2 heterocycles. The number of halogens is 1. The van der Waals surface area contributed by atoms with Crippen LogP contribution in [0.25, 0.3) is 0 Å². The van der Waals surface area contributed by atoms with Crippen molar-refractivity contribution < 1.29 is 13.9 Å². The average molecular weight is 459 g/mol. The van der Waals surface area contributed by atoms with Crippen molar-refractivity contribution in [1.82, 2.24) is 15.0 Å². The molecular formula is C24H31FN4O2S. The highest BCUT2D eigenvalue weighted by Crippen LogP contribution is 2.28. The van der Waals surface area contributed by atoms with Gasteiger partial charge in [0.25, 0.3) is 0 Å². The Hall–Kier alpha value is -2.16. The maximum absolute atomic E-state index is 13.1. The first-order valence-electron chi connectivity index (χ1n) is 11.4. The SMILES string of the molecule is C[C@@H](NC(=O)C1CCC(NSc2ccc(N3CCOCC3)nc2)CC1)c1ccc(F)cc1. The quantitative estimate of drug-likeness (QED) is 0.610. The Kier molecular flexibility index (Phi) is 8.00. The number of hydrogen-bond donors (Lipinski definition) is 2. The molecule has 2 aliphatic rings. The van der Waals surface area contributed by atoms with E-state index < -0.39 is 0 Å². The van der Waals surface area contributed by atoms with Gasteiger partial charge in [0.05, 0.1) is 19.3 Å². The van der Waals surface area contributed by atoms with E-state index in [-0.39, 0.29) is 23.7 Å². The topological polar surface area (TPSA) is 66.5 Å². The highest BCUT2D eigenvalue weighted by Gasteiger charge is 2.27. The first-order valence-corrected chi connectivity index (χ1v) is 12.2. The number of aromatic nitrogens is 1. The van der Waals surface area contributed by atoms with E-state index in [2.05, 4.69) is 32.1 Å². The third kappa shape index (κ3) is 6.21. The summed E-state index contributed by atoms with van der Waals surface area (Å²) in [7, 11) is 0. The number of benzene rings is 1. The van der Waals surface area contributed by atoms with Crippen molar-refractivity contribution in [3.63, 3.8) is 0 Å². The van der Waals surface area contributed by atoms with Gasteiger partial charge in [0.2, 0.25) is 5.91 Å². The smallest absolute Gasteiger partial charge is 0.223 e. The second-order valence-electron chi connectivity index (χ2n) is 8.50. The van der Waals surface area contributed by atoms with Crippen LogP contribution in [-0.4, -0.2) is 43.2 Å². The van der Waals surface area contributed by atoms with Gasteiger partial charge in [-0.25, -0.2) is 9.37 Å². The van der Waals surface area contributed by atoms with Gasteiger partial charge in [-0.05, 0) is 74.4 Å². The molecular weight excluding hydrogens is 427 g/mol. The molecule has 0 unspecified atom stereocenters. The van der Waals surface area contributed by atoms with Crippen LogP contribution < -0.4 is 14.9 Å². The van der Waals surface area contributed by atoms with Crippen LogP contribution in [0.1, 0.15) is 44.2 Å². The second kappa shape index (κ2) is 11.1. The summed E-state index contributed by atoms with van der Waals surface area (Å²) in [6.07, 6.45) is 5.59. The fourth-order valence-electron chi connectivity index (χ4n) is 4.20. The number of carbonyl (C=O) groups excluding carboxylic acids is 1. The number of amides is 1. The number of pyridine rings is 1. The van der Waals surface area contributed by atoms with Gasteiger partial charge in [0.1, 0.15) is 11.6 Å². The van der Waals surface area contributed by atoms with E-state index in [1.165, 1.54) is 12.1 Å². The van der Waals surface area contributed by atoms with Crippen molar-refractivity contribution >= 4 is 23.7 Å². The molecule has 1 aliphatic carbocycles. The van der Waals surface area contributed by atoms with E-state index in [1.807, 2.05) is 13.1 Å². The molecule has 172 valence electrons. The zero-order chi connectivity index (χ0) is 22.3. The van der Waals surface area contributed by atoms with Crippen LogP contribution in [0.4, 0.5) is 10.2 Å². The molecule has 1 aromatic heterocycles. The first-order chi connectivity index (χ1) is 15.6. The Morgan fingerprint density at radius 1 is 1.12 bits per heavy atom. The lowest BCUT2D eigenvalue weighted by molar-refractivity contribution is -0.126. The van der Waals surface area contributed by atoms with Crippen molar-refractivity contribution in [2.45, 2.75) is 49.6 Å². The van der Waals surface area contributed by atoms with Crippen LogP contribution in [0, 0.1) is 11.7 Å². The molecule has 1 aromatic carbocycles. The summed E-state index contributed by atoms with van der Waals surface area (Å²) >= 11 is 1.61. The monoisotopic (exact) mass is 458 g/mol. The van der Waals surface area contributed by atoms with Gasteiger partial charge in [0.15, 0.2) is 0 Å². The van der Waals surface area contributed by atoms with Gasteiger partial charge in [-0.2, -0.15) is 0 Å². The van der Waals surface area contributed by atoms with E-state index >= 15 is 0 Å². The summed E-state index contributed by atoms with van der Waals surface area (Å²) in [5.41, 5.74) is 0.916. The van der Waals surface area contributed by atoms with Gasteiger partial charge in [-0.1, -0.05) is 12.1 Å². The van der Waals surface area contributed by atoms with Crippen molar-refractivity contribution in [2.24, 2.45) is 5.92 Å². The largest absolute Gasteiger partial charge is 0.378 e. The molecule has 2 fully saturated rings. The van der Waals surface area contributed by atoms with E-state index in [0.717, 1.165) is 68.3 Å². The number of ether oxygens (including phenoxy) is 1. The maximum atomic E-state index is 13.1. The first kappa shape index (κ1) is 23.0. The van der Waals surface area contributed by atoms with Crippen molar-refractivity contribution in [3.8, 4) is 0 Å². The van der Waals surface area contributed by atoms with Crippen LogP contribution >= 0.6 is 11.9 Å². The summed E-state index contributed by atoms with van der Waals surface area (Å²) in [6, 6.07) is 10.7. The molecule has 0 spiro atoms. The number of anilines is 1. The minimum atomic E-state index is -0.264. The van der Waals surface area contributed by atoms with E-state index in [9.17, 15) is 9.18 Å². The molecule has 1 saturated carbocycles. The summed E-state index contributed by atoms with van der Waals surface area (Å²) < 4.78 is 22.0. The molecule has 4 rings (SSSR count). The Labute approximate surface area is 193 Å². The number of carbonyl (C=O) groups is 1. The van der Waals surface area contributed by atoms with E-state index in [1.54, 1.807) is 24.1 Å². The lowest BCUT2D eigenvalue weighted by atomic mass is 9.85. The summed E-state index contributed by atoms with van der Waals surface area (Å²) in [5.74, 6) is 0.866. The standard InChI is InChI=1S/C24H31FN4O2S/c1-17(18-2-6-20(25)7-3-18)27-24(30)19-4-8-21(9-5-19)28-32-22-10-11-23(26-16-22)29-12-14-31-15-13-29/h2-3,6-7,10-11,16-17,19,21,28H,4-5,8-9,12-15H2,1H3,(H,27,30)/t17-,19?,21?/m1/s1. The van der Waals surface area contributed by atoms with E-state index in [0.29, 0.717) is 6.04 Å². The fraction of sp³-hybridized carbons (Fsp3) is 0.500. The van der Waals surface area contributed by atoms with Crippen LogP contribution in [-0.2, 0) is 9.53 Å². The predicted molar refractivity (Wildman–Crippen MR) is 125 cm³/mol. The van der Waals surface area contributed by atoms with Crippen LogP contribution in [0.15, 0.2) is 47.5 Å². The molecule has 1 aliphatic heterocycles. The number of nitrogens with one attached hydrogen (secondary N) is 2. The average Bonchev–Trinajstić information content (AvgIpc) is 2.84. The number of rotatable bonds is 7. The highest BCUT2D eigenvalue weighted by molar-refractivity contribution is 7.97. The van der Waals surface area contributed by atoms with Crippen molar-refractivity contribution in [1.29, 1.82) is 0 Å². The third-order valence-electron chi connectivity index (χ3n) is 6.23. The maximum Gasteiger partial charge on any atom is 0.223 e. The number of hydrogen-bond acceptors (Lipinski definition) is 6. The minimum Gasteiger partial charge on any atom is -0.378 e. The normalized spacial score (nSPS) is 22.4. The van der Waals surface area contributed by atoms with Crippen molar-refractivity contribution in [2.75, 3.05) is 31.2 Å².